The van der Waals surface area contributed by atoms with Gasteiger partial charge in [0, 0.05) is 6.42 Å². The molecule has 2 aromatic rings. The molecule has 0 spiro atoms. The molecule has 5 heteroatoms. The van der Waals surface area contributed by atoms with E-state index in [0.29, 0.717) is 11.3 Å². The van der Waals surface area contributed by atoms with E-state index < -0.39 is 18.2 Å². The van der Waals surface area contributed by atoms with E-state index in [4.69, 9.17) is 0 Å². The molecule has 0 atom stereocenters. The van der Waals surface area contributed by atoms with E-state index >= 15 is 0 Å². The molecular weight excluding hydrogens is 334 g/mol. The van der Waals surface area contributed by atoms with Crippen LogP contribution in [0.4, 0.5) is 0 Å². The Morgan fingerprint density at radius 3 is 1.83 bits per heavy atom. The molecule has 110 valence electrons. The second-order valence-electron chi connectivity index (χ2n) is 5.04. The molecule has 0 unspecified atom stereocenters. The van der Waals surface area contributed by atoms with E-state index in [2.05, 4.69) is 30.3 Å². The molecule has 0 amide bonds. The van der Waals surface area contributed by atoms with Crippen LogP contribution in [0.5, 0.6) is 0 Å². The van der Waals surface area contributed by atoms with Crippen LogP contribution in [0.1, 0.15) is 6.42 Å². The summed E-state index contributed by atoms with van der Waals surface area (Å²) in [6, 6.07) is 20.7. The first kappa shape index (κ1) is 18.4. The van der Waals surface area contributed by atoms with E-state index in [1.54, 1.807) is 6.08 Å². The van der Waals surface area contributed by atoms with Crippen molar-refractivity contribution in [2.45, 2.75) is 6.42 Å². The van der Waals surface area contributed by atoms with Gasteiger partial charge in [0.2, 0.25) is 10.3 Å². The average molecular weight is 350 g/mol. The van der Waals surface area contributed by atoms with Crippen LogP contribution < -0.4 is 40.2 Å². The summed E-state index contributed by atoms with van der Waals surface area (Å²) in [6.07, 6.45) is 6.11. The van der Waals surface area contributed by atoms with Crippen molar-refractivity contribution in [3.8, 4) is 0 Å². The zero-order valence-corrected chi connectivity index (χ0v) is 16.8. The van der Waals surface area contributed by atoms with E-state index in [0.717, 1.165) is 0 Å². The van der Waals surface area contributed by atoms with Crippen LogP contribution in [0.15, 0.2) is 84.2 Å². The van der Waals surface area contributed by atoms with Gasteiger partial charge < -0.3 is 0 Å². The Morgan fingerprint density at radius 2 is 1.35 bits per heavy atom. The fraction of sp³-hybridized carbons (Fsp3) is 0.0556. The molecule has 23 heavy (non-hydrogen) atoms. The molecular formula is C18H16NaO2PS+2. The van der Waals surface area contributed by atoms with Crippen LogP contribution in [0.2, 0.25) is 0 Å². The van der Waals surface area contributed by atoms with Crippen molar-refractivity contribution in [3.05, 3.63) is 84.2 Å². The van der Waals surface area contributed by atoms with Gasteiger partial charge in [0.1, 0.15) is 10.6 Å². The van der Waals surface area contributed by atoms with E-state index in [1.807, 2.05) is 42.5 Å². The maximum absolute atomic E-state index is 11.3. The minimum absolute atomic E-state index is 0. The molecule has 0 fully saturated rings. The Hall–Kier alpha value is -0.960. The molecule has 0 heterocycles. The Bertz CT molecular complexity index is 809. The summed E-state index contributed by atoms with van der Waals surface area (Å²) in [6.45, 7) is 0. The van der Waals surface area contributed by atoms with Gasteiger partial charge in [0.15, 0.2) is 0 Å². The smallest absolute Gasteiger partial charge is 0.184 e. The molecule has 1 aliphatic carbocycles. The molecule has 0 bridgehead atoms. The van der Waals surface area contributed by atoms with Crippen LogP contribution in [-0.2, 0) is 10.3 Å². The topological polar surface area (TPSA) is 34.1 Å². The summed E-state index contributed by atoms with van der Waals surface area (Å²) >= 11 is 0. The van der Waals surface area contributed by atoms with Gasteiger partial charge in [0.05, 0.1) is 18.1 Å². The first-order valence-electron chi connectivity index (χ1n) is 7.06. The Morgan fingerprint density at radius 1 is 0.826 bits per heavy atom. The molecule has 0 radical (unpaired) electrons. The van der Waals surface area contributed by atoms with Crippen molar-refractivity contribution in [2.75, 3.05) is 0 Å². The third-order valence-electron chi connectivity index (χ3n) is 3.60. The Labute approximate surface area is 161 Å². The fourth-order valence-corrected chi connectivity index (χ4v) is 5.96. The van der Waals surface area contributed by atoms with E-state index in [-0.39, 0.29) is 29.6 Å². The summed E-state index contributed by atoms with van der Waals surface area (Å²) in [5, 5.41) is 3.75. The first-order chi connectivity index (χ1) is 10.8. The summed E-state index contributed by atoms with van der Waals surface area (Å²) in [4.78, 5) is 0.465. The predicted octanol–water partition coefficient (Wildman–Crippen LogP) is -0.249. The predicted molar refractivity (Wildman–Crippen MR) is 96.2 cm³/mol. The standard InChI is InChI=1S/C18H15O2PS.Na/c19-22(20)18-13-7-12-17(14-18)21(15-8-3-1-4-9-15)16-10-5-2-6-11-16;/h1-13H,14H2;/q;+1/p+1. The molecule has 2 aromatic carbocycles. The zero-order valence-electron chi connectivity index (χ0n) is 12.9. The zero-order chi connectivity index (χ0) is 15.4. The average Bonchev–Trinajstić information content (AvgIpc) is 2.57. The number of rotatable bonds is 3. The van der Waals surface area contributed by atoms with Gasteiger partial charge in [-0.05, 0) is 36.4 Å². The normalized spacial score (nSPS) is 13.4. The van der Waals surface area contributed by atoms with Gasteiger partial charge in [-0.1, -0.05) is 42.5 Å². The largest absolute Gasteiger partial charge is 1.00 e. The Kier molecular flexibility index (Phi) is 7.01. The van der Waals surface area contributed by atoms with E-state index in [1.165, 1.54) is 15.9 Å². The van der Waals surface area contributed by atoms with Gasteiger partial charge in [-0.25, -0.2) is 0 Å². The number of hydrogen-bond acceptors (Lipinski definition) is 2. The van der Waals surface area contributed by atoms with Crippen molar-refractivity contribution in [3.63, 3.8) is 0 Å². The summed E-state index contributed by atoms with van der Waals surface area (Å²) in [5.74, 6) is 0. The quantitative estimate of drug-likeness (QED) is 0.435. The molecule has 0 saturated carbocycles. The van der Waals surface area contributed by atoms with Gasteiger partial charge in [-0.2, -0.15) is 8.42 Å². The molecule has 3 rings (SSSR count). The second-order valence-corrected chi connectivity index (χ2v) is 8.58. The molecule has 0 N–H and O–H groups in total. The fourth-order valence-electron chi connectivity index (χ4n) is 2.61. The first-order valence-corrected chi connectivity index (χ1v) is 9.63. The van der Waals surface area contributed by atoms with Crippen molar-refractivity contribution in [1.82, 2.24) is 0 Å². The van der Waals surface area contributed by atoms with Crippen LogP contribution >= 0.6 is 7.92 Å². The molecule has 0 aromatic heterocycles. The van der Waals surface area contributed by atoms with Crippen LogP contribution in [0, 0.1) is 0 Å². The maximum Gasteiger partial charge on any atom is 1.00 e. The summed E-state index contributed by atoms with van der Waals surface area (Å²) in [5.41, 5.74) is 0. The molecule has 0 saturated heterocycles. The monoisotopic (exact) mass is 350 g/mol. The van der Waals surface area contributed by atoms with E-state index in [9.17, 15) is 8.42 Å². The molecule has 1 aliphatic rings. The number of hydrogen-bond donors (Lipinski definition) is 0. The van der Waals surface area contributed by atoms with Crippen molar-refractivity contribution < 1.29 is 38.0 Å². The van der Waals surface area contributed by atoms with Crippen LogP contribution in [0.3, 0.4) is 0 Å². The van der Waals surface area contributed by atoms with Crippen molar-refractivity contribution in [2.24, 2.45) is 0 Å². The van der Waals surface area contributed by atoms with Gasteiger partial charge in [-0.15, -0.1) is 0 Å². The van der Waals surface area contributed by atoms with Crippen molar-refractivity contribution >= 4 is 33.7 Å². The summed E-state index contributed by atoms with van der Waals surface area (Å²) < 4.78 is 22.6. The minimum atomic E-state index is -2.15. The van der Waals surface area contributed by atoms with Gasteiger partial charge >= 0.3 is 29.6 Å². The third kappa shape index (κ3) is 4.53. The SMILES string of the molecule is O=S(=O)=C1C=CC=C([PH+](c2ccccc2)c2ccccc2)C1.[Na+]. The summed E-state index contributed by atoms with van der Waals surface area (Å²) in [7, 11) is -3.30. The number of benzene rings is 2. The maximum atomic E-state index is 11.3. The number of allylic oxidation sites excluding steroid dienone is 4. The Balaban J connectivity index is 0.00000192. The van der Waals surface area contributed by atoms with Crippen molar-refractivity contribution in [1.29, 1.82) is 0 Å². The van der Waals surface area contributed by atoms with Gasteiger partial charge in [-0.3, -0.25) is 0 Å². The molecule has 0 aliphatic heterocycles. The van der Waals surface area contributed by atoms with Crippen LogP contribution in [-0.4, -0.2) is 13.3 Å². The van der Waals surface area contributed by atoms with Gasteiger partial charge in [0.25, 0.3) is 0 Å². The minimum Gasteiger partial charge on any atom is -0.184 e. The van der Waals surface area contributed by atoms with Crippen LogP contribution in [0.25, 0.3) is 0 Å². The molecule has 2 nitrogen and oxygen atoms in total. The third-order valence-corrected chi connectivity index (χ3v) is 7.12. The second kappa shape index (κ2) is 8.77.